The highest BCUT2D eigenvalue weighted by Gasteiger charge is 2.05. The second kappa shape index (κ2) is 7.11. The zero-order chi connectivity index (χ0) is 13.5. The van der Waals surface area contributed by atoms with Gasteiger partial charge in [0.2, 0.25) is 0 Å². The maximum Gasteiger partial charge on any atom is 0.146 e. The zero-order valence-electron chi connectivity index (χ0n) is 11.6. The molecule has 2 N–H and O–H groups in total. The zero-order valence-corrected chi connectivity index (χ0v) is 11.6. The lowest BCUT2D eigenvalue weighted by Gasteiger charge is -2.14. The molecule has 0 bridgehead atoms. The summed E-state index contributed by atoms with van der Waals surface area (Å²) in [5.74, 6) is 1.40. The van der Waals surface area contributed by atoms with Gasteiger partial charge >= 0.3 is 0 Å². The van der Waals surface area contributed by atoms with Crippen LogP contribution < -0.4 is 15.2 Å². The molecule has 0 fully saturated rings. The molecule has 0 atom stereocenters. The quantitative estimate of drug-likeness (QED) is 0.599. The molecule has 0 aliphatic carbocycles. The van der Waals surface area contributed by atoms with Crippen LogP contribution in [0.1, 0.15) is 27.7 Å². The van der Waals surface area contributed by atoms with Gasteiger partial charge in [-0.25, -0.2) is 0 Å². The Kier molecular flexibility index (Phi) is 5.78. The van der Waals surface area contributed by atoms with Gasteiger partial charge in [-0.15, -0.1) is 0 Å². The number of hydrogen-bond acceptors (Lipinski definition) is 4. The van der Waals surface area contributed by atoms with Crippen molar-refractivity contribution in [1.82, 2.24) is 0 Å². The van der Waals surface area contributed by atoms with Gasteiger partial charge in [0.25, 0.3) is 0 Å². The Bertz CT molecular complexity index is 364. The Labute approximate surface area is 109 Å². The molecule has 1 aromatic carbocycles. The van der Waals surface area contributed by atoms with Crippen LogP contribution in [0, 0.1) is 0 Å². The van der Waals surface area contributed by atoms with E-state index in [1.54, 1.807) is 6.07 Å². The van der Waals surface area contributed by atoms with Crippen LogP contribution in [0.4, 0.5) is 5.69 Å². The number of nitrogen functional groups attached to an aromatic ring is 1. The molecule has 0 aliphatic heterocycles. The fourth-order valence-electron chi connectivity index (χ4n) is 1.40. The lowest BCUT2D eigenvalue weighted by atomic mass is 10.3. The minimum Gasteiger partial charge on any atom is -0.491 e. The van der Waals surface area contributed by atoms with Crippen molar-refractivity contribution in [2.45, 2.75) is 39.9 Å². The van der Waals surface area contributed by atoms with E-state index in [2.05, 4.69) is 0 Å². The molecule has 0 saturated carbocycles. The van der Waals surface area contributed by atoms with Gasteiger partial charge in [-0.1, -0.05) is 0 Å². The van der Waals surface area contributed by atoms with E-state index in [0.29, 0.717) is 24.7 Å². The van der Waals surface area contributed by atoms with Crippen LogP contribution in [0.2, 0.25) is 0 Å². The van der Waals surface area contributed by atoms with Crippen molar-refractivity contribution >= 4 is 5.69 Å². The molecule has 1 aromatic rings. The van der Waals surface area contributed by atoms with Crippen LogP contribution in [0.3, 0.4) is 0 Å². The van der Waals surface area contributed by atoms with E-state index in [1.165, 1.54) is 0 Å². The first-order valence-corrected chi connectivity index (χ1v) is 6.29. The number of ether oxygens (including phenoxy) is 3. The largest absolute Gasteiger partial charge is 0.491 e. The number of rotatable bonds is 7. The fourth-order valence-corrected chi connectivity index (χ4v) is 1.40. The normalized spacial score (nSPS) is 11.0. The summed E-state index contributed by atoms with van der Waals surface area (Å²) in [6.07, 6.45) is 0.312. The van der Waals surface area contributed by atoms with Crippen molar-refractivity contribution in [3.05, 3.63) is 18.2 Å². The highest BCUT2D eigenvalue weighted by molar-refractivity contribution is 5.55. The molecule has 0 amide bonds. The summed E-state index contributed by atoms with van der Waals surface area (Å²) in [7, 11) is 0. The summed E-state index contributed by atoms with van der Waals surface area (Å²) >= 11 is 0. The molecule has 0 saturated heterocycles. The fraction of sp³-hybridized carbons (Fsp3) is 0.571. The maximum atomic E-state index is 5.83. The first-order chi connectivity index (χ1) is 8.49. The molecule has 0 spiro atoms. The summed E-state index contributed by atoms with van der Waals surface area (Å²) < 4.78 is 16.6. The van der Waals surface area contributed by atoms with Gasteiger partial charge in [0.1, 0.15) is 18.1 Å². The first kappa shape index (κ1) is 14.6. The molecule has 0 heterocycles. The van der Waals surface area contributed by atoms with Gasteiger partial charge < -0.3 is 19.9 Å². The second-order valence-corrected chi connectivity index (χ2v) is 4.63. The van der Waals surface area contributed by atoms with E-state index >= 15 is 0 Å². The molecule has 0 unspecified atom stereocenters. The standard InChI is InChI=1S/C14H23NO3/c1-10(2)16-7-8-17-12-5-6-13(15)14(9-12)18-11(3)4/h5-6,9-11H,7-8,15H2,1-4H3. The topological polar surface area (TPSA) is 53.7 Å². The van der Waals surface area contributed by atoms with Gasteiger partial charge in [0.05, 0.1) is 24.5 Å². The molecule has 0 radical (unpaired) electrons. The second-order valence-electron chi connectivity index (χ2n) is 4.63. The lowest BCUT2D eigenvalue weighted by molar-refractivity contribution is 0.0552. The van der Waals surface area contributed by atoms with Crippen LogP contribution in [0.25, 0.3) is 0 Å². The van der Waals surface area contributed by atoms with Gasteiger partial charge in [-0.05, 0) is 39.8 Å². The Morgan fingerprint density at radius 3 is 2.39 bits per heavy atom. The van der Waals surface area contributed by atoms with Crippen LogP contribution in [-0.2, 0) is 4.74 Å². The number of benzene rings is 1. The molecule has 0 aromatic heterocycles. The molecule has 1 rings (SSSR count). The smallest absolute Gasteiger partial charge is 0.146 e. The summed E-state index contributed by atoms with van der Waals surface area (Å²) in [6, 6.07) is 5.43. The molecular weight excluding hydrogens is 230 g/mol. The Hall–Kier alpha value is -1.42. The third kappa shape index (κ3) is 5.27. The van der Waals surface area contributed by atoms with Gasteiger partial charge in [-0.2, -0.15) is 0 Å². The van der Waals surface area contributed by atoms with Crippen molar-refractivity contribution in [3.8, 4) is 11.5 Å². The van der Waals surface area contributed by atoms with E-state index < -0.39 is 0 Å². The van der Waals surface area contributed by atoms with Crippen LogP contribution in [0.5, 0.6) is 11.5 Å². The van der Waals surface area contributed by atoms with Crippen molar-refractivity contribution in [1.29, 1.82) is 0 Å². The van der Waals surface area contributed by atoms with Crippen molar-refractivity contribution in [2.24, 2.45) is 0 Å². The average Bonchev–Trinajstić information content (AvgIpc) is 2.27. The number of nitrogens with two attached hydrogens (primary N) is 1. The third-order valence-corrected chi connectivity index (χ3v) is 2.15. The lowest BCUT2D eigenvalue weighted by Crippen LogP contribution is -2.11. The molecule has 4 heteroatoms. The minimum absolute atomic E-state index is 0.0897. The third-order valence-electron chi connectivity index (χ3n) is 2.15. The highest BCUT2D eigenvalue weighted by atomic mass is 16.5. The van der Waals surface area contributed by atoms with E-state index in [4.69, 9.17) is 19.9 Å². The monoisotopic (exact) mass is 253 g/mol. The van der Waals surface area contributed by atoms with Crippen LogP contribution in [-0.4, -0.2) is 25.4 Å². The maximum absolute atomic E-state index is 5.83. The highest BCUT2D eigenvalue weighted by Crippen LogP contribution is 2.27. The predicted molar refractivity (Wildman–Crippen MR) is 73.2 cm³/mol. The van der Waals surface area contributed by atoms with Gasteiger partial charge in [0, 0.05) is 6.07 Å². The van der Waals surface area contributed by atoms with E-state index in [1.807, 2.05) is 39.8 Å². The van der Waals surface area contributed by atoms with Crippen molar-refractivity contribution < 1.29 is 14.2 Å². The molecule has 4 nitrogen and oxygen atoms in total. The van der Waals surface area contributed by atoms with E-state index in [-0.39, 0.29) is 12.2 Å². The van der Waals surface area contributed by atoms with Crippen molar-refractivity contribution in [3.63, 3.8) is 0 Å². The molecule has 18 heavy (non-hydrogen) atoms. The van der Waals surface area contributed by atoms with E-state index in [9.17, 15) is 0 Å². The van der Waals surface area contributed by atoms with Gasteiger partial charge in [-0.3, -0.25) is 0 Å². The molecule has 102 valence electrons. The average molecular weight is 253 g/mol. The Morgan fingerprint density at radius 1 is 1.06 bits per heavy atom. The molecular formula is C14H23NO3. The summed E-state index contributed by atoms with van der Waals surface area (Å²) in [5, 5.41) is 0. The number of anilines is 1. The van der Waals surface area contributed by atoms with Crippen LogP contribution in [0.15, 0.2) is 18.2 Å². The number of hydrogen-bond donors (Lipinski definition) is 1. The van der Waals surface area contributed by atoms with Crippen molar-refractivity contribution in [2.75, 3.05) is 18.9 Å². The van der Waals surface area contributed by atoms with Crippen LogP contribution >= 0.6 is 0 Å². The summed E-state index contributed by atoms with van der Waals surface area (Å²) in [6.45, 7) is 9.01. The Balaban J connectivity index is 2.51. The molecule has 0 aliphatic rings. The predicted octanol–water partition coefficient (Wildman–Crippen LogP) is 2.86. The summed E-state index contributed by atoms with van der Waals surface area (Å²) in [4.78, 5) is 0. The van der Waals surface area contributed by atoms with Gasteiger partial charge in [0.15, 0.2) is 0 Å². The Morgan fingerprint density at radius 2 is 1.78 bits per heavy atom. The first-order valence-electron chi connectivity index (χ1n) is 6.29. The summed E-state index contributed by atoms with van der Waals surface area (Å²) in [5.41, 5.74) is 6.45. The minimum atomic E-state index is 0.0897. The SMILES string of the molecule is CC(C)OCCOc1ccc(N)c(OC(C)C)c1. The van der Waals surface area contributed by atoms with E-state index in [0.717, 1.165) is 5.75 Å².